The van der Waals surface area contributed by atoms with Crippen LogP contribution in [0.2, 0.25) is 0 Å². The van der Waals surface area contributed by atoms with Crippen LogP contribution >= 0.6 is 27.3 Å². The van der Waals surface area contributed by atoms with Crippen molar-refractivity contribution in [3.63, 3.8) is 0 Å². The van der Waals surface area contributed by atoms with Gasteiger partial charge < -0.3 is 10.6 Å². The molecule has 2 rings (SSSR count). The molecule has 0 aliphatic heterocycles. The van der Waals surface area contributed by atoms with Gasteiger partial charge in [0, 0.05) is 22.9 Å². The van der Waals surface area contributed by atoms with Gasteiger partial charge in [0.25, 0.3) is 0 Å². The Morgan fingerprint density at radius 1 is 1.50 bits per heavy atom. The third-order valence-corrected chi connectivity index (χ3v) is 4.06. The molecule has 2 N–H and O–H groups in total. The Bertz CT molecular complexity index is 511. The highest BCUT2D eigenvalue weighted by Crippen LogP contribution is 2.29. The molecule has 0 spiro atoms. The van der Waals surface area contributed by atoms with E-state index in [-0.39, 0.29) is 6.04 Å². The zero-order valence-electron chi connectivity index (χ0n) is 10.4. The maximum Gasteiger partial charge on any atom is 0.0795 e. The molecule has 0 amide bonds. The van der Waals surface area contributed by atoms with Crippen LogP contribution < -0.4 is 10.6 Å². The quantitative estimate of drug-likeness (QED) is 0.934. The summed E-state index contributed by atoms with van der Waals surface area (Å²) < 4.78 is 1.06. The van der Waals surface area contributed by atoms with Crippen LogP contribution in [-0.4, -0.2) is 12.0 Å². The Hall–Kier alpha value is -0.910. The summed E-state index contributed by atoms with van der Waals surface area (Å²) >= 11 is 5.23. The number of benzene rings is 1. The maximum absolute atomic E-state index is 5.88. The van der Waals surface area contributed by atoms with Gasteiger partial charge in [-0.1, -0.05) is 6.07 Å². The van der Waals surface area contributed by atoms with E-state index < -0.39 is 0 Å². The van der Waals surface area contributed by atoms with Gasteiger partial charge >= 0.3 is 0 Å². The lowest BCUT2D eigenvalue weighted by Gasteiger charge is -2.20. The lowest BCUT2D eigenvalue weighted by molar-refractivity contribution is 0.815. The van der Waals surface area contributed by atoms with Gasteiger partial charge in [-0.3, -0.25) is 0 Å². The average Bonchev–Trinajstić information content (AvgIpc) is 2.81. The van der Waals surface area contributed by atoms with E-state index in [0.29, 0.717) is 0 Å². The van der Waals surface area contributed by atoms with Crippen molar-refractivity contribution >= 4 is 33.0 Å². The van der Waals surface area contributed by atoms with Crippen molar-refractivity contribution in [2.24, 2.45) is 5.73 Å². The van der Waals surface area contributed by atoms with Crippen LogP contribution in [0.4, 0.5) is 5.69 Å². The van der Waals surface area contributed by atoms with Gasteiger partial charge in [-0.15, -0.1) is 11.3 Å². The second-order valence-corrected chi connectivity index (χ2v) is 5.91. The summed E-state index contributed by atoms with van der Waals surface area (Å²) in [5, 5.41) is 2.07. The first-order valence-corrected chi connectivity index (χ1v) is 7.44. The predicted molar refractivity (Wildman–Crippen MR) is 81.0 cm³/mol. The van der Waals surface area contributed by atoms with Crippen LogP contribution in [0.15, 0.2) is 33.6 Å². The molecule has 1 aromatic heterocycles. The van der Waals surface area contributed by atoms with Gasteiger partial charge in [-0.05, 0) is 40.5 Å². The lowest BCUT2D eigenvalue weighted by atomic mass is 10.1. The van der Waals surface area contributed by atoms with Crippen molar-refractivity contribution in [2.75, 3.05) is 11.9 Å². The van der Waals surface area contributed by atoms with Crippen molar-refractivity contribution in [1.82, 2.24) is 4.98 Å². The maximum atomic E-state index is 5.88. The van der Waals surface area contributed by atoms with E-state index in [4.69, 9.17) is 5.73 Å². The minimum Gasteiger partial charge on any atom is -0.368 e. The molecule has 1 aromatic carbocycles. The van der Waals surface area contributed by atoms with Crippen molar-refractivity contribution in [3.8, 4) is 0 Å². The number of aromatic nitrogens is 1. The molecular formula is C13H16BrN3S. The van der Waals surface area contributed by atoms with E-state index in [9.17, 15) is 0 Å². The lowest BCUT2D eigenvalue weighted by Crippen LogP contribution is -2.17. The minimum absolute atomic E-state index is 0.0548. The van der Waals surface area contributed by atoms with E-state index >= 15 is 0 Å². The van der Waals surface area contributed by atoms with Gasteiger partial charge in [0.1, 0.15) is 0 Å². The molecule has 18 heavy (non-hydrogen) atoms. The molecule has 2 aromatic rings. The van der Waals surface area contributed by atoms with Crippen molar-refractivity contribution in [2.45, 2.75) is 19.5 Å². The van der Waals surface area contributed by atoms with Crippen LogP contribution in [0.1, 0.15) is 24.2 Å². The van der Waals surface area contributed by atoms with Crippen molar-refractivity contribution in [3.05, 3.63) is 44.8 Å². The smallest absolute Gasteiger partial charge is 0.0795 e. The van der Waals surface area contributed by atoms with Crippen LogP contribution in [0.3, 0.4) is 0 Å². The predicted octanol–water partition coefficient (Wildman–Crippen LogP) is 3.56. The Morgan fingerprint density at radius 3 is 2.83 bits per heavy atom. The molecule has 1 unspecified atom stereocenters. The zero-order valence-corrected chi connectivity index (χ0v) is 12.8. The largest absolute Gasteiger partial charge is 0.368 e. The Balaban J connectivity index is 2.17. The highest BCUT2D eigenvalue weighted by atomic mass is 79.9. The third-order valence-electron chi connectivity index (χ3n) is 2.79. The Kier molecular flexibility index (Phi) is 4.37. The van der Waals surface area contributed by atoms with E-state index in [1.165, 1.54) is 0 Å². The second kappa shape index (κ2) is 5.82. The summed E-state index contributed by atoms with van der Waals surface area (Å²) in [6, 6.07) is 6.30. The van der Waals surface area contributed by atoms with Gasteiger partial charge in [0.15, 0.2) is 0 Å². The highest BCUT2D eigenvalue weighted by Gasteiger charge is 2.09. The van der Waals surface area contributed by atoms with E-state index in [1.54, 1.807) is 11.3 Å². The molecule has 96 valence electrons. The fourth-order valence-electron chi connectivity index (χ4n) is 1.76. The van der Waals surface area contributed by atoms with Gasteiger partial charge in [-0.2, -0.15) is 0 Å². The SMILES string of the molecule is CC(N)c1ccc(N(C)Cc2cscn2)c(Br)c1. The first-order valence-electron chi connectivity index (χ1n) is 5.71. The summed E-state index contributed by atoms with van der Waals surface area (Å²) in [7, 11) is 2.06. The summed E-state index contributed by atoms with van der Waals surface area (Å²) in [5.74, 6) is 0. The number of rotatable bonds is 4. The summed E-state index contributed by atoms with van der Waals surface area (Å²) in [5.41, 5.74) is 11.1. The Morgan fingerprint density at radius 2 is 2.28 bits per heavy atom. The molecule has 3 nitrogen and oxygen atoms in total. The number of anilines is 1. The zero-order chi connectivity index (χ0) is 13.1. The number of hydrogen-bond acceptors (Lipinski definition) is 4. The standard InChI is InChI=1S/C13H16BrN3S/c1-9(15)10-3-4-13(12(14)5-10)17(2)6-11-7-18-8-16-11/h3-5,7-9H,6,15H2,1-2H3. The molecule has 0 saturated carbocycles. The van der Waals surface area contributed by atoms with Crippen molar-refractivity contribution in [1.29, 1.82) is 0 Å². The molecule has 0 radical (unpaired) electrons. The summed E-state index contributed by atoms with van der Waals surface area (Å²) in [6.07, 6.45) is 0. The molecule has 0 bridgehead atoms. The minimum atomic E-state index is 0.0548. The van der Waals surface area contributed by atoms with E-state index in [1.807, 2.05) is 12.4 Å². The fraction of sp³-hybridized carbons (Fsp3) is 0.308. The number of hydrogen-bond donors (Lipinski definition) is 1. The molecule has 1 atom stereocenters. The molecule has 5 heteroatoms. The number of halogens is 1. The molecule has 0 fully saturated rings. The average molecular weight is 326 g/mol. The van der Waals surface area contributed by atoms with E-state index in [2.05, 4.69) is 56.4 Å². The fourth-order valence-corrected chi connectivity index (χ4v) is 3.01. The molecule has 0 aliphatic rings. The summed E-state index contributed by atoms with van der Waals surface area (Å²) in [6.45, 7) is 2.79. The normalized spacial score (nSPS) is 12.4. The van der Waals surface area contributed by atoms with E-state index in [0.717, 1.165) is 28.0 Å². The summed E-state index contributed by atoms with van der Waals surface area (Å²) in [4.78, 5) is 6.47. The van der Waals surface area contributed by atoms with Crippen LogP contribution in [-0.2, 0) is 6.54 Å². The van der Waals surface area contributed by atoms with Gasteiger partial charge in [0.05, 0.1) is 23.4 Å². The molecule has 1 heterocycles. The highest BCUT2D eigenvalue weighted by molar-refractivity contribution is 9.10. The third kappa shape index (κ3) is 3.10. The van der Waals surface area contributed by atoms with Crippen LogP contribution in [0.5, 0.6) is 0 Å². The van der Waals surface area contributed by atoms with Crippen molar-refractivity contribution < 1.29 is 0 Å². The first kappa shape index (κ1) is 13.5. The topological polar surface area (TPSA) is 42.1 Å². The number of thiazole rings is 1. The number of nitrogens with zero attached hydrogens (tertiary/aromatic N) is 2. The molecular weight excluding hydrogens is 310 g/mol. The number of nitrogens with two attached hydrogens (primary N) is 1. The Labute approximate surface area is 120 Å². The monoisotopic (exact) mass is 325 g/mol. The molecule has 0 saturated heterocycles. The van der Waals surface area contributed by atoms with Crippen LogP contribution in [0.25, 0.3) is 0 Å². The second-order valence-electron chi connectivity index (χ2n) is 4.34. The molecule has 0 aliphatic carbocycles. The first-order chi connectivity index (χ1) is 8.58. The van der Waals surface area contributed by atoms with Crippen LogP contribution in [0, 0.1) is 0 Å². The van der Waals surface area contributed by atoms with Gasteiger partial charge in [0.2, 0.25) is 0 Å². The van der Waals surface area contributed by atoms with Gasteiger partial charge in [-0.25, -0.2) is 4.98 Å².